The van der Waals surface area contributed by atoms with Crippen molar-refractivity contribution in [2.45, 2.75) is 57.4 Å². The molecule has 1 aromatic rings. The molecule has 1 aromatic carbocycles. The summed E-state index contributed by atoms with van der Waals surface area (Å²) < 4.78 is 10.6. The molecule has 0 heterocycles. The molecule has 1 unspecified atom stereocenters. The number of methoxy groups -OCH3 is 2. The van der Waals surface area contributed by atoms with Gasteiger partial charge >= 0.3 is 0 Å². The van der Waals surface area contributed by atoms with Crippen LogP contribution in [0.5, 0.6) is 11.5 Å². The van der Waals surface area contributed by atoms with Crippen molar-refractivity contribution < 1.29 is 14.3 Å². The van der Waals surface area contributed by atoms with Crippen LogP contribution >= 0.6 is 0 Å². The van der Waals surface area contributed by atoms with Gasteiger partial charge in [0.25, 0.3) is 0 Å². The fourth-order valence-corrected chi connectivity index (χ4v) is 3.15. The molecule has 122 valence electrons. The first kappa shape index (κ1) is 16.7. The summed E-state index contributed by atoms with van der Waals surface area (Å²) in [6.07, 6.45) is 6.47. The lowest BCUT2D eigenvalue weighted by atomic mass is 9.93. The standard InChI is InChI=1S/C18H27NO3/c1-13(11-18(20)19-14-7-5-4-6-8-14)16-10-9-15(21-2)12-17(16)22-3/h9-10,12-14H,4-8,11H2,1-3H3,(H,19,20). The molecule has 1 fully saturated rings. The Balaban J connectivity index is 1.95. The van der Waals surface area contributed by atoms with Crippen LogP contribution in [0, 0.1) is 0 Å². The summed E-state index contributed by atoms with van der Waals surface area (Å²) in [6.45, 7) is 2.06. The summed E-state index contributed by atoms with van der Waals surface area (Å²) in [5.74, 6) is 1.79. The molecule has 0 bridgehead atoms. The van der Waals surface area contributed by atoms with E-state index in [1.165, 1.54) is 19.3 Å². The lowest BCUT2D eigenvalue weighted by molar-refractivity contribution is -0.122. The predicted octanol–water partition coefficient (Wildman–Crippen LogP) is 3.65. The molecule has 0 radical (unpaired) electrons. The van der Waals surface area contributed by atoms with Crippen molar-refractivity contribution in [1.82, 2.24) is 5.32 Å². The van der Waals surface area contributed by atoms with Crippen molar-refractivity contribution in [3.63, 3.8) is 0 Å². The van der Waals surface area contributed by atoms with Crippen molar-refractivity contribution in [3.8, 4) is 11.5 Å². The second-order valence-corrected chi connectivity index (χ2v) is 6.12. The molecular weight excluding hydrogens is 278 g/mol. The second kappa shape index (κ2) is 8.06. The lowest BCUT2D eigenvalue weighted by Crippen LogP contribution is -2.36. The van der Waals surface area contributed by atoms with Gasteiger partial charge in [-0.15, -0.1) is 0 Å². The summed E-state index contributed by atoms with van der Waals surface area (Å²) in [4.78, 5) is 12.2. The van der Waals surface area contributed by atoms with Crippen molar-refractivity contribution in [1.29, 1.82) is 0 Å². The molecule has 1 atom stereocenters. The van der Waals surface area contributed by atoms with Gasteiger partial charge in [0.1, 0.15) is 11.5 Å². The molecule has 1 saturated carbocycles. The summed E-state index contributed by atoms with van der Waals surface area (Å²) in [5, 5.41) is 3.18. The van der Waals surface area contributed by atoms with E-state index in [1.54, 1.807) is 14.2 Å². The molecule has 1 aliphatic rings. The van der Waals surface area contributed by atoms with E-state index in [1.807, 2.05) is 18.2 Å². The Labute approximate surface area is 133 Å². The predicted molar refractivity (Wildman–Crippen MR) is 87.6 cm³/mol. The van der Waals surface area contributed by atoms with E-state index in [4.69, 9.17) is 9.47 Å². The highest BCUT2D eigenvalue weighted by atomic mass is 16.5. The molecule has 1 aliphatic carbocycles. The summed E-state index contributed by atoms with van der Waals surface area (Å²) in [6, 6.07) is 6.13. The minimum absolute atomic E-state index is 0.115. The highest BCUT2D eigenvalue weighted by Gasteiger charge is 2.19. The molecule has 1 amide bonds. The van der Waals surface area contributed by atoms with Gasteiger partial charge in [-0.3, -0.25) is 4.79 Å². The maximum atomic E-state index is 12.2. The zero-order valence-electron chi connectivity index (χ0n) is 13.9. The summed E-state index contributed by atoms with van der Waals surface area (Å²) >= 11 is 0. The van der Waals surface area contributed by atoms with Gasteiger partial charge in [0, 0.05) is 18.5 Å². The Bertz CT molecular complexity index is 495. The second-order valence-electron chi connectivity index (χ2n) is 6.12. The largest absolute Gasteiger partial charge is 0.497 e. The van der Waals surface area contributed by atoms with Gasteiger partial charge in [0.2, 0.25) is 5.91 Å². The van der Waals surface area contributed by atoms with Crippen LogP contribution in [0.15, 0.2) is 18.2 Å². The Kier molecular flexibility index (Phi) is 6.10. The fourth-order valence-electron chi connectivity index (χ4n) is 3.15. The van der Waals surface area contributed by atoms with Crippen LogP contribution in [-0.2, 0) is 4.79 Å². The molecule has 0 saturated heterocycles. The van der Waals surface area contributed by atoms with E-state index >= 15 is 0 Å². The van der Waals surface area contributed by atoms with Crippen molar-refractivity contribution in [2.75, 3.05) is 14.2 Å². The Morgan fingerprint density at radius 1 is 1.23 bits per heavy atom. The zero-order valence-corrected chi connectivity index (χ0v) is 13.9. The monoisotopic (exact) mass is 305 g/mol. The highest BCUT2D eigenvalue weighted by Crippen LogP contribution is 2.32. The van der Waals surface area contributed by atoms with Crippen molar-refractivity contribution in [2.24, 2.45) is 0 Å². The summed E-state index contributed by atoms with van der Waals surface area (Å²) in [5.41, 5.74) is 1.04. The smallest absolute Gasteiger partial charge is 0.220 e. The molecule has 1 N–H and O–H groups in total. The first-order valence-electron chi connectivity index (χ1n) is 8.15. The van der Waals surface area contributed by atoms with Gasteiger partial charge in [-0.25, -0.2) is 0 Å². The Hall–Kier alpha value is -1.71. The van der Waals surface area contributed by atoms with Gasteiger partial charge < -0.3 is 14.8 Å². The van der Waals surface area contributed by atoms with Crippen molar-refractivity contribution >= 4 is 5.91 Å². The number of hydrogen-bond acceptors (Lipinski definition) is 3. The van der Waals surface area contributed by atoms with E-state index in [-0.39, 0.29) is 11.8 Å². The van der Waals surface area contributed by atoms with Crippen LogP contribution in [0.25, 0.3) is 0 Å². The molecule has 4 heteroatoms. The van der Waals surface area contributed by atoms with Crippen LogP contribution in [0.3, 0.4) is 0 Å². The highest BCUT2D eigenvalue weighted by molar-refractivity contribution is 5.77. The van der Waals surface area contributed by atoms with E-state index in [0.29, 0.717) is 12.5 Å². The molecule has 2 rings (SSSR count). The number of rotatable bonds is 6. The van der Waals surface area contributed by atoms with Crippen molar-refractivity contribution in [3.05, 3.63) is 23.8 Å². The Morgan fingerprint density at radius 2 is 1.95 bits per heavy atom. The third-order valence-electron chi connectivity index (χ3n) is 4.43. The Morgan fingerprint density at radius 3 is 2.59 bits per heavy atom. The van der Waals surface area contributed by atoms with Crippen LogP contribution in [0.2, 0.25) is 0 Å². The number of benzene rings is 1. The number of carbonyl (C=O) groups excluding carboxylic acids is 1. The van der Waals surface area contributed by atoms with Crippen LogP contribution in [0.4, 0.5) is 0 Å². The molecule has 0 aliphatic heterocycles. The van der Waals surface area contributed by atoms with E-state index in [9.17, 15) is 4.79 Å². The lowest BCUT2D eigenvalue weighted by Gasteiger charge is -2.24. The van der Waals surface area contributed by atoms with Crippen LogP contribution in [-0.4, -0.2) is 26.2 Å². The number of nitrogens with one attached hydrogen (secondary N) is 1. The van der Waals surface area contributed by atoms with Gasteiger partial charge in [0.15, 0.2) is 0 Å². The number of hydrogen-bond donors (Lipinski definition) is 1. The topological polar surface area (TPSA) is 47.6 Å². The van der Waals surface area contributed by atoms with E-state index < -0.39 is 0 Å². The van der Waals surface area contributed by atoms with Crippen LogP contribution < -0.4 is 14.8 Å². The fraction of sp³-hybridized carbons (Fsp3) is 0.611. The normalized spacial score (nSPS) is 16.9. The van der Waals surface area contributed by atoms with Crippen LogP contribution in [0.1, 0.15) is 56.9 Å². The number of ether oxygens (including phenoxy) is 2. The number of carbonyl (C=O) groups is 1. The first-order valence-corrected chi connectivity index (χ1v) is 8.15. The summed E-state index contributed by atoms with van der Waals surface area (Å²) in [7, 11) is 3.28. The SMILES string of the molecule is COc1ccc(C(C)CC(=O)NC2CCCCC2)c(OC)c1. The average Bonchev–Trinajstić information content (AvgIpc) is 2.54. The van der Waals surface area contributed by atoms with Gasteiger partial charge in [0.05, 0.1) is 14.2 Å². The minimum Gasteiger partial charge on any atom is -0.497 e. The average molecular weight is 305 g/mol. The zero-order chi connectivity index (χ0) is 15.9. The van der Waals surface area contributed by atoms with E-state index in [2.05, 4.69) is 12.2 Å². The third-order valence-corrected chi connectivity index (χ3v) is 4.43. The third kappa shape index (κ3) is 4.39. The number of amides is 1. The van der Waals surface area contributed by atoms with Gasteiger partial charge in [-0.2, -0.15) is 0 Å². The molecule has 0 spiro atoms. The first-order chi connectivity index (χ1) is 10.6. The quantitative estimate of drug-likeness (QED) is 0.872. The molecule has 22 heavy (non-hydrogen) atoms. The molecular formula is C18H27NO3. The van der Waals surface area contributed by atoms with E-state index in [0.717, 1.165) is 29.9 Å². The minimum atomic E-state index is 0.115. The maximum Gasteiger partial charge on any atom is 0.220 e. The maximum absolute atomic E-state index is 12.2. The van der Waals surface area contributed by atoms with Gasteiger partial charge in [-0.05, 0) is 30.4 Å². The van der Waals surface area contributed by atoms with Gasteiger partial charge in [-0.1, -0.05) is 32.3 Å². The molecule has 0 aromatic heterocycles. The molecule has 4 nitrogen and oxygen atoms in total.